The Bertz CT molecular complexity index is 1260. The van der Waals surface area contributed by atoms with E-state index in [1.165, 1.54) is 0 Å². The summed E-state index contributed by atoms with van der Waals surface area (Å²) >= 11 is 0. The number of carbonyl (C=O) groups is 1. The molecule has 3 aromatic carbocycles. The first-order valence-corrected chi connectivity index (χ1v) is 10.6. The molecule has 6 heteroatoms. The first kappa shape index (κ1) is 20.0. The van der Waals surface area contributed by atoms with Gasteiger partial charge in [-0.2, -0.15) is 0 Å². The third kappa shape index (κ3) is 3.75. The summed E-state index contributed by atoms with van der Waals surface area (Å²) in [6.07, 6.45) is 3.26. The Balaban J connectivity index is 1.49. The Morgan fingerprint density at radius 2 is 1.88 bits per heavy atom. The molecule has 1 aliphatic rings. The summed E-state index contributed by atoms with van der Waals surface area (Å²) in [7, 11) is 1.63. The average molecular weight is 425 g/mol. The summed E-state index contributed by atoms with van der Waals surface area (Å²) < 4.78 is 11.8. The Labute approximate surface area is 186 Å². The highest BCUT2D eigenvalue weighted by Crippen LogP contribution is 2.39. The van der Waals surface area contributed by atoms with Crippen molar-refractivity contribution in [3.63, 3.8) is 0 Å². The minimum atomic E-state index is -0.394. The molecule has 1 aliphatic heterocycles. The molecule has 0 saturated heterocycles. The molecule has 0 bridgehead atoms. The zero-order valence-corrected chi connectivity index (χ0v) is 17.8. The lowest BCUT2D eigenvalue weighted by Crippen LogP contribution is -2.42. The molecule has 0 spiro atoms. The Morgan fingerprint density at radius 3 is 2.69 bits per heavy atom. The van der Waals surface area contributed by atoms with Crippen molar-refractivity contribution in [1.82, 2.24) is 9.97 Å². The maximum absolute atomic E-state index is 12.1. The minimum Gasteiger partial charge on any atom is -0.493 e. The first-order valence-electron chi connectivity index (χ1n) is 10.6. The first-order chi connectivity index (χ1) is 15.8. The zero-order valence-electron chi connectivity index (χ0n) is 17.8. The van der Waals surface area contributed by atoms with Crippen molar-refractivity contribution >= 4 is 23.1 Å². The second-order valence-electron chi connectivity index (χ2n) is 7.77. The van der Waals surface area contributed by atoms with E-state index in [0.29, 0.717) is 37.0 Å². The number of nitrogens with zero attached hydrogens (tertiary/aromatic N) is 3. The van der Waals surface area contributed by atoms with E-state index in [9.17, 15) is 4.79 Å². The molecule has 1 unspecified atom stereocenters. The van der Waals surface area contributed by atoms with Crippen LogP contribution >= 0.6 is 0 Å². The summed E-state index contributed by atoms with van der Waals surface area (Å²) in [5, 5.41) is 0.970. The lowest BCUT2D eigenvalue weighted by Gasteiger charge is -2.35. The van der Waals surface area contributed by atoms with Gasteiger partial charge in [-0.25, -0.2) is 9.97 Å². The highest BCUT2D eigenvalue weighted by atomic mass is 16.5. The number of aldehydes is 1. The lowest BCUT2D eigenvalue weighted by atomic mass is 9.93. The average Bonchev–Trinajstić information content (AvgIpc) is 2.86. The summed E-state index contributed by atoms with van der Waals surface area (Å²) in [5.74, 6) is 1.91. The molecule has 32 heavy (non-hydrogen) atoms. The van der Waals surface area contributed by atoms with Crippen LogP contribution in [0.4, 0.5) is 5.95 Å². The SMILES string of the molecule is COc1ccc2c(c1OCc1ccccc1)CC(C=O)N(c1ncc3ccccc3n1)C2. The summed E-state index contributed by atoms with van der Waals surface area (Å²) in [6.45, 7) is 0.944. The third-order valence-electron chi connectivity index (χ3n) is 5.81. The van der Waals surface area contributed by atoms with Crippen LogP contribution < -0.4 is 14.4 Å². The van der Waals surface area contributed by atoms with E-state index in [4.69, 9.17) is 14.5 Å². The molecule has 5 rings (SSSR count). The van der Waals surface area contributed by atoms with E-state index in [2.05, 4.69) is 4.98 Å². The van der Waals surface area contributed by atoms with Gasteiger partial charge in [-0.15, -0.1) is 0 Å². The number of hydrogen-bond donors (Lipinski definition) is 0. The van der Waals surface area contributed by atoms with Gasteiger partial charge in [-0.1, -0.05) is 54.6 Å². The third-order valence-corrected chi connectivity index (χ3v) is 5.81. The quantitative estimate of drug-likeness (QED) is 0.428. The van der Waals surface area contributed by atoms with Gasteiger partial charge in [-0.05, 0) is 23.3 Å². The van der Waals surface area contributed by atoms with Crippen LogP contribution in [0.3, 0.4) is 0 Å². The van der Waals surface area contributed by atoms with Gasteiger partial charge in [0.15, 0.2) is 11.5 Å². The molecule has 160 valence electrons. The molecule has 0 amide bonds. The number of ether oxygens (including phenoxy) is 2. The number of fused-ring (bicyclic) bond motifs is 2. The van der Waals surface area contributed by atoms with Crippen LogP contribution in [0.25, 0.3) is 10.9 Å². The summed E-state index contributed by atoms with van der Waals surface area (Å²) in [6, 6.07) is 21.4. The van der Waals surface area contributed by atoms with E-state index in [-0.39, 0.29) is 0 Å². The van der Waals surface area contributed by atoms with Crippen LogP contribution in [0.5, 0.6) is 11.5 Å². The van der Waals surface area contributed by atoms with Crippen LogP contribution in [-0.2, 0) is 24.4 Å². The highest BCUT2D eigenvalue weighted by molar-refractivity contribution is 5.79. The van der Waals surface area contributed by atoms with Gasteiger partial charge in [0.05, 0.1) is 18.7 Å². The molecule has 2 heterocycles. The van der Waals surface area contributed by atoms with Gasteiger partial charge in [0.2, 0.25) is 5.95 Å². The molecule has 0 aliphatic carbocycles. The number of aromatic nitrogens is 2. The zero-order chi connectivity index (χ0) is 21.9. The lowest BCUT2D eigenvalue weighted by molar-refractivity contribution is -0.109. The molecule has 6 nitrogen and oxygen atoms in total. The standard InChI is InChI=1S/C26H23N3O3/c1-31-24-12-11-20-15-29(26-27-14-19-9-5-6-10-23(19)28-26)21(16-30)13-22(20)25(24)32-17-18-7-3-2-4-8-18/h2-12,14,16,21H,13,15,17H2,1H3. The number of anilines is 1. The number of carbonyl (C=O) groups excluding carboxylic acids is 1. The van der Waals surface area contributed by atoms with Crippen molar-refractivity contribution in [2.45, 2.75) is 25.6 Å². The predicted molar refractivity (Wildman–Crippen MR) is 123 cm³/mol. The van der Waals surface area contributed by atoms with Crippen molar-refractivity contribution in [3.05, 3.63) is 89.6 Å². The Hall–Kier alpha value is -3.93. The van der Waals surface area contributed by atoms with Crippen molar-refractivity contribution in [1.29, 1.82) is 0 Å². The molecule has 1 aromatic heterocycles. The van der Waals surface area contributed by atoms with Gasteiger partial charge < -0.3 is 19.2 Å². The van der Waals surface area contributed by atoms with E-state index in [1.807, 2.05) is 71.6 Å². The number of para-hydroxylation sites is 1. The molecule has 4 aromatic rings. The smallest absolute Gasteiger partial charge is 0.226 e. The van der Waals surface area contributed by atoms with Gasteiger partial charge in [0, 0.05) is 30.1 Å². The van der Waals surface area contributed by atoms with E-state index >= 15 is 0 Å². The Morgan fingerprint density at radius 1 is 1.06 bits per heavy atom. The Kier molecular flexibility index (Phi) is 5.42. The molecule has 1 atom stereocenters. The summed E-state index contributed by atoms with van der Waals surface area (Å²) in [5.41, 5.74) is 3.99. The predicted octanol–water partition coefficient (Wildman–Crippen LogP) is 4.35. The van der Waals surface area contributed by atoms with Crippen molar-refractivity contribution in [3.8, 4) is 11.5 Å². The minimum absolute atomic E-state index is 0.394. The molecule has 0 fully saturated rings. The monoisotopic (exact) mass is 425 g/mol. The topological polar surface area (TPSA) is 64.6 Å². The second kappa shape index (κ2) is 8.67. The number of hydrogen-bond acceptors (Lipinski definition) is 6. The highest BCUT2D eigenvalue weighted by Gasteiger charge is 2.31. The summed E-state index contributed by atoms with van der Waals surface area (Å²) in [4.78, 5) is 23.3. The number of rotatable bonds is 6. The van der Waals surface area contributed by atoms with Gasteiger partial charge in [0.25, 0.3) is 0 Å². The van der Waals surface area contributed by atoms with Gasteiger partial charge >= 0.3 is 0 Å². The normalized spacial score (nSPS) is 15.3. The van der Waals surface area contributed by atoms with E-state index < -0.39 is 6.04 Å². The fraction of sp³-hybridized carbons (Fsp3) is 0.192. The van der Waals surface area contributed by atoms with Gasteiger partial charge in [-0.3, -0.25) is 0 Å². The molecule has 0 saturated carbocycles. The number of benzene rings is 3. The van der Waals surface area contributed by atoms with Crippen LogP contribution in [0.15, 0.2) is 72.9 Å². The van der Waals surface area contributed by atoms with Crippen LogP contribution in [0, 0.1) is 0 Å². The second-order valence-corrected chi connectivity index (χ2v) is 7.77. The van der Waals surface area contributed by atoms with Gasteiger partial charge in [0.1, 0.15) is 12.9 Å². The fourth-order valence-corrected chi connectivity index (χ4v) is 4.13. The molecular weight excluding hydrogens is 402 g/mol. The maximum Gasteiger partial charge on any atom is 0.226 e. The van der Waals surface area contributed by atoms with Crippen LogP contribution in [0.2, 0.25) is 0 Å². The van der Waals surface area contributed by atoms with Crippen molar-refractivity contribution in [2.24, 2.45) is 0 Å². The van der Waals surface area contributed by atoms with Crippen molar-refractivity contribution < 1.29 is 14.3 Å². The molecule has 0 N–H and O–H groups in total. The van der Waals surface area contributed by atoms with Crippen LogP contribution in [0.1, 0.15) is 16.7 Å². The van der Waals surface area contributed by atoms with Crippen molar-refractivity contribution in [2.75, 3.05) is 12.0 Å². The van der Waals surface area contributed by atoms with Crippen LogP contribution in [-0.4, -0.2) is 29.4 Å². The maximum atomic E-state index is 12.1. The number of methoxy groups -OCH3 is 1. The molecule has 0 radical (unpaired) electrons. The van der Waals surface area contributed by atoms with E-state index in [1.54, 1.807) is 13.3 Å². The fourth-order valence-electron chi connectivity index (χ4n) is 4.13. The van der Waals surface area contributed by atoms with E-state index in [0.717, 1.165) is 33.9 Å². The molecular formula is C26H23N3O3. The largest absolute Gasteiger partial charge is 0.493 e.